The normalized spacial score (nSPS) is 10.8. The zero-order chi connectivity index (χ0) is 17.3. The average molecular weight is 322 g/mol. The van der Waals surface area contributed by atoms with Crippen LogP contribution in [0, 0.1) is 5.41 Å². The van der Waals surface area contributed by atoms with Crippen molar-refractivity contribution in [2.45, 2.75) is 27.7 Å². The van der Waals surface area contributed by atoms with Gasteiger partial charge in [0.05, 0.1) is 6.61 Å². The molecule has 0 saturated carbocycles. The molecule has 0 spiro atoms. The highest BCUT2D eigenvalue weighted by Gasteiger charge is 2.20. The van der Waals surface area contributed by atoms with E-state index < -0.39 is 5.41 Å². The fourth-order valence-corrected chi connectivity index (χ4v) is 1.68. The number of rotatable bonds is 8. The van der Waals surface area contributed by atoms with Crippen molar-refractivity contribution in [2.75, 3.05) is 26.3 Å². The molecule has 2 N–H and O–H groups in total. The van der Waals surface area contributed by atoms with Crippen LogP contribution in [0.1, 0.15) is 27.7 Å². The van der Waals surface area contributed by atoms with Crippen LogP contribution < -0.4 is 20.1 Å². The summed E-state index contributed by atoms with van der Waals surface area (Å²) in [5.41, 5.74) is -0.434. The second kappa shape index (κ2) is 9.02. The van der Waals surface area contributed by atoms with Crippen LogP contribution in [0.25, 0.3) is 0 Å². The van der Waals surface area contributed by atoms with Gasteiger partial charge in [0.25, 0.3) is 5.91 Å². The Balaban J connectivity index is 2.29. The van der Waals surface area contributed by atoms with E-state index in [2.05, 4.69) is 10.6 Å². The second-order valence-corrected chi connectivity index (χ2v) is 6.02. The molecule has 0 atom stereocenters. The summed E-state index contributed by atoms with van der Waals surface area (Å²) in [6.07, 6.45) is 0. The van der Waals surface area contributed by atoms with Gasteiger partial charge in [0.15, 0.2) is 18.1 Å². The molecular formula is C17H26N2O4. The molecule has 0 radical (unpaired) electrons. The first-order valence-corrected chi connectivity index (χ1v) is 7.74. The van der Waals surface area contributed by atoms with Crippen molar-refractivity contribution < 1.29 is 19.1 Å². The molecule has 0 fully saturated rings. The minimum Gasteiger partial charge on any atom is -0.490 e. The van der Waals surface area contributed by atoms with Gasteiger partial charge < -0.3 is 20.1 Å². The quantitative estimate of drug-likeness (QED) is 0.715. The lowest BCUT2D eigenvalue weighted by Crippen LogP contribution is -2.40. The number of hydrogen-bond donors (Lipinski definition) is 2. The molecule has 0 unspecified atom stereocenters. The maximum absolute atomic E-state index is 11.7. The summed E-state index contributed by atoms with van der Waals surface area (Å²) >= 11 is 0. The van der Waals surface area contributed by atoms with E-state index in [-0.39, 0.29) is 18.4 Å². The van der Waals surface area contributed by atoms with E-state index in [1.165, 1.54) is 0 Å². The van der Waals surface area contributed by atoms with Gasteiger partial charge in [-0.1, -0.05) is 32.9 Å². The van der Waals surface area contributed by atoms with Crippen molar-refractivity contribution in [1.82, 2.24) is 10.6 Å². The van der Waals surface area contributed by atoms with Crippen LogP contribution in [0.2, 0.25) is 0 Å². The van der Waals surface area contributed by atoms with E-state index in [4.69, 9.17) is 9.47 Å². The lowest BCUT2D eigenvalue weighted by atomic mass is 9.96. The zero-order valence-corrected chi connectivity index (χ0v) is 14.3. The summed E-state index contributed by atoms with van der Waals surface area (Å²) in [5.74, 6) is 0.848. The summed E-state index contributed by atoms with van der Waals surface area (Å²) in [6.45, 7) is 8.57. The molecule has 0 saturated heterocycles. The van der Waals surface area contributed by atoms with Gasteiger partial charge in [-0.25, -0.2) is 0 Å². The number of ether oxygens (including phenoxy) is 2. The molecule has 1 rings (SSSR count). The molecule has 2 amide bonds. The molecule has 0 aliphatic heterocycles. The van der Waals surface area contributed by atoms with E-state index in [1.54, 1.807) is 12.1 Å². The Morgan fingerprint density at radius 3 is 2.13 bits per heavy atom. The number of carbonyl (C=O) groups is 2. The van der Waals surface area contributed by atoms with Gasteiger partial charge in [0, 0.05) is 18.5 Å². The van der Waals surface area contributed by atoms with Gasteiger partial charge in [-0.05, 0) is 19.1 Å². The number of para-hydroxylation sites is 2. The molecule has 0 bridgehead atoms. The van der Waals surface area contributed by atoms with Crippen molar-refractivity contribution in [3.63, 3.8) is 0 Å². The molecule has 6 nitrogen and oxygen atoms in total. The minimum atomic E-state index is -0.434. The van der Waals surface area contributed by atoms with E-state index in [0.29, 0.717) is 31.2 Å². The standard InChI is InChI=1S/C17H26N2O4/c1-5-22-13-8-6-7-9-14(13)23-12-15(20)18-10-11-19-16(21)17(2,3)4/h6-9H,5,10-12H2,1-4H3,(H,18,20)(H,19,21). The molecule has 1 aromatic rings. The fourth-order valence-electron chi connectivity index (χ4n) is 1.68. The fraction of sp³-hybridized carbons (Fsp3) is 0.529. The maximum atomic E-state index is 11.7. The Morgan fingerprint density at radius 2 is 1.57 bits per heavy atom. The van der Waals surface area contributed by atoms with Gasteiger partial charge in [0.1, 0.15) is 0 Å². The van der Waals surface area contributed by atoms with Gasteiger partial charge in [-0.3, -0.25) is 9.59 Å². The van der Waals surface area contributed by atoms with E-state index in [1.807, 2.05) is 39.8 Å². The predicted molar refractivity (Wildman–Crippen MR) is 88.6 cm³/mol. The summed E-state index contributed by atoms with van der Waals surface area (Å²) < 4.78 is 10.9. The summed E-state index contributed by atoms with van der Waals surface area (Å²) in [7, 11) is 0. The Bertz CT molecular complexity index is 524. The van der Waals surface area contributed by atoms with E-state index in [0.717, 1.165) is 0 Å². The van der Waals surface area contributed by atoms with Gasteiger partial charge in [-0.2, -0.15) is 0 Å². The van der Waals surface area contributed by atoms with Crippen LogP contribution in [0.5, 0.6) is 11.5 Å². The van der Waals surface area contributed by atoms with Crippen molar-refractivity contribution in [3.05, 3.63) is 24.3 Å². The number of amides is 2. The Morgan fingerprint density at radius 1 is 1.00 bits per heavy atom. The first kappa shape index (κ1) is 18.8. The minimum absolute atomic E-state index is 0.0476. The van der Waals surface area contributed by atoms with Gasteiger partial charge >= 0.3 is 0 Å². The van der Waals surface area contributed by atoms with Crippen LogP contribution in [0.3, 0.4) is 0 Å². The number of nitrogens with one attached hydrogen (secondary N) is 2. The molecule has 0 aromatic heterocycles. The lowest BCUT2D eigenvalue weighted by Gasteiger charge is -2.17. The van der Waals surface area contributed by atoms with E-state index >= 15 is 0 Å². The maximum Gasteiger partial charge on any atom is 0.258 e. The van der Waals surface area contributed by atoms with Crippen molar-refractivity contribution in [1.29, 1.82) is 0 Å². The topological polar surface area (TPSA) is 76.7 Å². The second-order valence-electron chi connectivity index (χ2n) is 6.02. The van der Waals surface area contributed by atoms with Crippen LogP contribution in [-0.2, 0) is 9.59 Å². The lowest BCUT2D eigenvalue weighted by molar-refractivity contribution is -0.129. The molecule has 128 valence electrons. The highest BCUT2D eigenvalue weighted by Crippen LogP contribution is 2.26. The molecule has 0 aliphatic rings. The zero-order valence-electron chi connectivity index (χ0n) is 14.3. The van der Waals surface area contributed by atoms with Crippen molar-refractivity contribution in [2.24, 2.45) is 5.41 Å². The van der Waals surface area contributed by atoms with Crippen molar-refractivity contribution >= 4 is 11.8 Å². The number of carbonyl (C=O) groups excluding carboxylic acids is 2. The monoisotopic (exact) mass is 322 g/mol. The first-order valence-electron chi connectivity index (χ1n) is 7.74. The average Bonchev–Trinajstić information content (AvgIpc) is 2.50. The third-order valence-corrected chi connectivity index (χ3v) is 2.92. The summed E-state index contributed by atoms with van der Waals surface area (Å²) in [6, 6.07) is 7.20. The third kappa shape index (κ3) is 7.04. The highest BCUT2D eigenvalue weighted by atomic mass is 16.5. The van der Waals surface area contributed by atoms with Crippen LogP contribution in [-0.4, -0.2) is 38.1 Å². The predicted octanol–water partition coefficient (Wildman–Crippen LogP) is 1.74. The van der Waals surface area contributed by atoms with Crippen molar-refractivity contribution in [3.8, 4) is 11.5 Å². The van der Waals surface area contributed by atoms with Gasteiger partial charge in [-0.15, -0.1) is 0 Å². The summed E-state index contributed by atoms with van der Waals surface area (Å²) in [4.78, 5) is 23.4. The van der Waals surface area contributed by atoms with E-state index in [9.17, 15) is 9.59 Å². The van der Waals surface area contributed by atoms with Crippen LogP contribution >= 0.6 is 0 Å². The SMILES string of the molecule is CCOc1ccccc1OCC(=O)NCCNC(=O)C(C)(C)C. The Hall–Kier alpha value is -2.24. The smallest absolute Gasteiger partial charge is 0.258 e. The molecule has 23 heavy (non-hydrogen) atoms. The molecule has 6 heteroatoms. The molecule has 1 aromatic carbocycles. The molecular weight excluding hydrogens is 296 g/mol. The highest BCUT2D eigenvalue weighted by molar-refractivity contribution is 5.81. The van der Waals surface area contributed by atoms with Crippen LogP contribution in [0.4, 0.5) is 0 Å². The van der Waals surface area contributed by atoms with Crippen LogP contribution in [0.15, 0.2) is 24.3 Å². The number of benzene rings is 1. The van der Waals surface area contributed by atoms with Gasteiger partial charge in [0.2, 0.25) is 5.91 Å². The third-order valence-electron chi connectivity index (χ3n) is 2.92. The Labute approximate surface area is 137 Å². The largest absolute Gasteiger partial charge is 0.490 e. The Kier molecular flexibility index (Phi) is 7.38. The number of hydrogen-bond acceptors (Lipinski definition) is 4. The first-order chi connectivity index (χ1) is 10.8. The molecule has 0 heterocycles. The molecule has 0 aliphatic carbocycles. The summed E-state index contributed by atoms with van der Waals surface area (Å²) in [5, 5.41) is 5.45.